The summed E-state index contributed by atoms with van der Waals surface area (Å²) >= 11 is 0. The Labute approximate surface area is 178 Å². The number of sulfonamides is 1. The molecule has 3 aromatic rings. The molecule has 2 heterocycles. The zero-order valence-electron chi connectivity index (χ0n) is 18.4. The number of pyridine rings is 1. The Hall–Kier alpha value is -2.58. The Morgan fingerprint density at radius 2 is 1.57 bits per heavy atom. The molecular formula is C22H28N4O3S. The average Bonchev–Trinajstić information content (AvgIpc) is 3.19. The molecule has 1 atom stereocenters. The Morgan fingerprint density at radius 1 is 0.967 bits per heavy atom. The maximum atomic E-state index is 13.4. The van der Waals surface area contributed by atoms with E-state index in [1.807, 2.05) is 54.5 Å². The molecule has 0 spiro atoms. The molecule has 2 aromatic heterocycles. The molecule has 7 nitrogen and oxygen atoms in total. The zero-order valence-corrected chi connectivity index (χ0v) is 19.3. The lowest BCUT2D eigenvalue weighted by Gasteiger charge is -2.23. The van der Waals surface area contributed by atoms with Crippen molar-refractivity contribution in [3.05, 3.63) is 58.2 Å². The first-order chi connectivity index (χ1) is 14.0. The number of aromatic nitrogens is 3. The first-order valence-electron chi connectivity index (χ1n) is 9.87. The molecule has 0 bridgehead atoms. The molecule has 1 unspecified atom stereocenters. The Morgan fingerprint density at radius 3 is 2.10 bits per heavy atom. The van der Waals surface area contributed by atoms with Crippen molar-refractivity contribution in [2.75, 3.05) is 0 Å². The van der Waals surface area contributed by atoms with Crippen LogP contribution in [0.2, 0.25) is 0 Å². The molecule has 0 amide bonds. The van der Waals surface area contributed by atoms with E-state index in [-0.39, 0.29) is 11.8 Å². The molecule has 160 valence electrons. The van der Waals surface area contributed by atoms with Gasteiger partial charge in [0.15, 0.2) is 0 Å². The third-order valence-corrected chi connectivity index (χ3v) is 7.49. The quantitative estimate of drug-likeness (QED) is 0.627. The third-order valence-electron chi connectivity index (χ3n) is 5.78. The van der Waals surface area contributed by atoms with E-state index in [2.05, 4.69) is 19.8 Å². The van der Waals surface area contributed by atoms with Gasteiger partial charge in [-0.3, -0.25) is 4.98 Å². The number of hydrogen-bond donors (Lipinski definition) is 1. The molecule has 0 fully saturated rings. The highest BCUT2D eigenvalue weighted by Crippen LogP contribution is 2.32. The first-order valence-corrected chi connectivity index (χ1v) is 11.4. The summed E-state index contributed by atoms with van der Waals surface area (Å²) in [7, 11) is -3.82. The van der Waals surface area contributed by atoms with Crippen LogP contribution in [0.3, 0.4) is 0 Å². The highest BCUT2D eigenvalue weighted by molar-refractivity contribution is 7.89. The van der Waals surface area contributed by atoms with Gasteiger partial charge >= 0.3 is 0 Å². The highest BCUT2D eigenvalue weighted by atomic mass is 32.2. The Kier molecular flexibility index (Phi) is 6.10. The second-order valence-electron chi connectivity index (χ2n) is 8.00. The van der Waals surface area contributed by atoms with Gasteiger partial charge < -0.3 is 4.52 Å². The molecule has 0 saturated carbocycles. The minimum atomic E-state index is -3.82. The van der Waals surface area contributed by atoms with Gasteiger partial charge in [-0.05, 0) is 80.5 Å². The molecule has 0 aliphatic carbocycles. The van der Waals surface area contributed by atoms with E-state index in [9.17, 15) is 8.42 Å². The van der Waals surface area contributed by atoms with Crippen LogP contribution in [0, 0.1) is 40.5 Å². The summed E-state index contributed by atoms with van der Waals surface area (Å²) in [4.78, 5) is 8.81. The minimum absolute atomic E-state index is 0.102. The van der Waals surface area contributed by atoms with Crippen molar-refractivity contribution in [3.8, 4) is 11.4 Å². The standard InChI is InChI=1S/C22H28N4O3S/c1-12(2)19(22-24-21(25-29-22)18-9-8-10-23-11-18)26-30(27,28)20-16(6)14(4)13(3)15(5)17(20)7/h8-12,19,26H,1-7H3. The van der Waals surface area contributed by atoms with Crippen LogP contribution >= 0.6 is 0 Å². The maximum Gasteiger partial charge on any atom is 0.245 e. The fourth-order valence-corrected chi connectivity index (χ4v) is 5.48. The van der Waals surface area contributed by atoms with Crippen LogP contribution in [0.1, 0.15) is 53.6 Å². The lowest BCUT2D eigenvalue weighted by molar-refractivity contribution is 0.311. The third kappa shape index (κ3) is 4.02. The normalized spacial score (nSPS) is 13.1. The predicted molar refractivity (Wildman–Crippen MR) is 116 cm³/mol. The van der Waals surface area contributed by atoms with Gasteiger partial charge in [0, 0.05) is 18.0 Å². The molecular weight excluding hydrogens is 400 g/mol. The first kappa shape index (κ1) is 22.1. The predicted octanol–water partition coefficient (Wildman–Crippen LogP) is 4.35. The van der Waals surface area contributed by atoms with Gasteiger partial charge in [-0.25, -0.2) is 8.42 Å². The largest absolute Gasteiger partial charge is 0.337 e. The van der Waals surface area contributed by atoms with Crippen molar-refractivity contribution in [1.82, 2.24) is 19.8 Å². The van der Waals surface area contributed by atoms with Gasteiger partial charge in [0.1, 0.15) is 6.04 Å². The van der Waals surface area contributed by atoms with E-state index in [1.54, 1.807) is 18.5 Å². The van der Waals surface area contributed by atoms with Crippen molar-refractivity contribution in [1.29, 1.82) is 0 Å². The SMILES string of the molecule is Cc1c(C)c(C)c(S(=O)(=O)NC(c2nc(-c3cccnc3)no2)C(C)C)c(C)c1C. The lowest BCUT2D eigenvalue weighted by Crippen LogP contribution is -2.33. The van der Waals surface area contributed by atoms with Gasteiger partial charge in [0.2, 0.25) is 21.7 Å². The fourth-order valence-electron chi connectivity index (χ4n) is 3.54. The van der Waals surface area contributed by atoms with E-state index in [4.69, 9.17) is 4.52 Å². The van der Waals surface area contributed by atoms with Crippen LogP contribution in [0.4, 0.5) is 0 Å². The van der Waals surface area contributed by atoms with Gasteiger partial charge in [-0.1, -0.05) is 19.0 Å². The van der Waals surface area contributed by atoms with Crippen LogP contribution in [-0.2, 0) is 10.0 Å². The zero-order chi connectivity index (χ0) is 22.2. The molecule has 1 aromatic carbocycles. The van der Waals surface area contributed by atoms with Crippen LogP contribution in [0.5, 0.6) is 0 Å². The average molecular weight is 429 g/mol. The van der Waals surface area contributed by atoms with Gasteiger partial charge in [0.25, 0.3) is 0 Å². The lowest BCUT2D eigenvalue weighted by atomic mass is 9.95. The van der Waals surface area contributed by atoms with E-state index >= 15 is 0 Å². The summed E-state index contributed by atoms with van der Waals surface area (Å²) in [6.45, 7) is 13.4. The molecule has 0 radical (unpaired) electrons. The molecule has 1 N–H and O–H groups in total. The summed E-state index contributed by atoms with van der Waals surface area (Å²) in [5, 5.41) is 4.01. The second-order valence-corrected chi connectivity index (χ2v) is 9.65. The van der Waals surface area contributed by atoms with E-state index in [0.29, 0.717) is 16.3 Å². The van der Waals surface area contributed by atoms with Gasteiger partial charge in [-0.2, -0.15) is 9.71 Å². The maximum absolute atomic E-state index is 13.4. The monoisotopic (exact) mass is 428 g/mol. The summed E-state index contributed by atoms with van der Waals surface area (Å²) in [6.07, 6.45) is 3.29. The molecule has 0 aliphatic heterocycles. The number of hydrogen-bond acceptors (Lipinski definition) is 6. The number of benzene rings is 1. The van der Waals surface area contributed by atoms with Crippen molar-refractivity contribution in [3.63, 3.8) is 0 Å². The van der Waals surface area contributed by atoms with Crippen LogP contribution in [0.25, 0.3) is 11.4 Å². The Balaban J connectivity index is 2.02. The van der Waals surface area contributed by atoms with E-state index in [0.717, 1.165) is 27.8 Å². The summed E-state index contributed by atoms with van der Waals surface area (Å²) in [5.41, 5.74) is 5.29. The highest BCUT2D eigenvalue weighted by Gasteiger charge is 2.31. The molecule has 30 heavy (non-hydrogen) atoms. The topological polar surface area (TPSA) is 98.0 Å². The minimum Gasteiger partial charge on any atom is -0.337 e. The van der Waals surface area contributed by atoms with Gasteiger partial charge in [0.05, 0.1) is 4.90 Å². The summed E-state index contributed by atoms with van der Waals surface area (Å²) in [6, 6.07) is 2.94. The number of rotatable bonds is 6. The van der Waals surface area contributed by atoms with E-state index in [1.165, 1.54) is 0 Å². The van der Waals surface area contributed by atoms with Crippen molar-refractivity contribution < 1.29 is 12.9 Å². The molecule has 8 heteroatoms. The number of nitrogens with zero attached hydrogens (tertiary/aromatic N) is 3. The van der Waals surface area contributed by atoms with Gasteiger partial charge in [-0.15, -0.1) is 0 Å². The van der Waals surface area contributed by atoms with Crippen molar-refractivity contribution in [2.24, 2.45) is 5.92 Å². The van der Waals surface area contributed by atoms with Crippen LogP contribution < -0.4 is 4.72 Å². The van der Waals surface area contributed by atoms with Crippen molar-refractivity contribution in [2.45, 2.75) is 59.4 Å². The summed E-state index contributed by atoms with van der Waals surface area (Å²) in [5.74, 6) is 0.496. The summed E-state index contributed by atoms with van der Waals surface area (Å²) < 4.78 is 35.1. The van der Waals surface area contributed by atoms with Crippen molar-refractivity contribution >= 4 is 10.0 Å². The van der Waals surface area contributed by atoms with Crippen LogP contribution in [0.15, 0.2) is 33.9 Å². The Bertz CT molecular complexity index is 1140. The van der Waals surface area contributed by atoms with Crippen LogP contribution in [-0.4, -0.2) is 23.5 Å². The molecule has 3 rings (SSSR count). The second kappa shape index (κ2) is 8.28. The molecule has 0 aliphatic rings. The number of nitrogens with one attached hydrogen (secondary N) is 1. The fraction of sp³-hybridized carbons (Fsp3) is 0.409. The molecule has 0 saturated heterocycles. The smallest absolute Gasteiger partial charge is 0.245 e. The van der Waals surface area contributed by atoms with E-state index < -0.39 is 16.1 Å².